The Kier molecular flexibility index (Phi) is 18.0. The van der Waals surface area contributed by atoms with Crippen molar-refractivity contribution in [1.29, 1.82) is 0 Å². The van der Waals surface area contributed by atoms with E-state index >= 15 is 0 Å². The number of ether oxygens (including phenoxy) is 3. The Bertz CT molecular complexity index is 111. The Hall–Kier alpha value is -0.120. The highest BCUT2D eigenvalue weighted by Gasteiger charge is 1.95. The third kappa shape index (κ3) is 25.8. The van der Waals surface area contributed by atoms with Gasteiger partial charge in [-0.1, -0.05) is 27.7 Å². The monoisotopic (exact) mass is 248 g/mol. The van der Waals surface area contributed by atoms with Crippen LogP contribution in [0.15, 0.2) is 0 Å². The van der Waals surface area contributed by atoms with Crippen molar-refractivity contribution in [2.75, 3.05) is 40.6 Å². The summed E-state index contributed by atoms with van der Waals surface area (Å²) in [5.41, 5.74) is 0. The highest BCUT2D eigenvalue weighted by molar-refractivity contribution is 4.45. The van der Waals surface area contributed by atoms with Gasteiger partial charge in [0.1, 0.15) is 0 Å². The summed E-state index contributed by atoms with van der Waals surface area (Å²) in [6.07, 6.45) is 2.39. The van der Waals surface area contributed by atoms with Gasteiger partial charge in [-0.15, -0.1) is 0 Å². The molecular weight excluding hydrogens is 216 g/mol. The van der Waals surface area contributed by atoms with Gasteiger partial charge in [-0.2, -0.15) is 0 Å². The van der Waals surface area contributed by atoms with Gasteiger partial charge >= 0.3 is 0 Å². The standard InChI is InChI=1S/C10H22O.C4H10O2/c1-9(2)5-7-11-8-6-10(3)4;1-5-3-4-6-2/h9-10H,5-8H2,1-4H3;3-4H2,1-2H3. The van der Waals surface area contributed by atoms with Crippen molar-refractivity contribution in [3.05, 3.63) is 0 Å². The van der Waals surface area contributed by atoms with E-state index in [-0.39, 0.29) is 0 Å². The molecule has 0 rings (SSSR count). The molecule has 0 spiro atoms. The summed E-state index contributed by atoms with van der Waals surface area (Å²) >= 11 is 0. The first kappa shape index (κ1) is 19.2. The second kappa shape index (κ2) is 15.9. The molecule has 17 heavy (non-hydrogen) atoms. The van der Waals surface area contributed by atoms with Crippen LogP contribution in [0.3, 0.4) is 0 Å². The maximum Gasteiger partial charge on any atom is 0.0696 e. The third-order valence-electron chi connectivity index (χ3n) is 2.17. The largest absolute Gasteiger partial charge is 0.382 e. The molecule has 3 nitrogen and oxygen atoms in total. The van der Waals surface area contributed by atoms with Crippen molar-refractivity contribution >= 4 is 0 Å². The van der Waals surface area contributed by atoms with Gasteiger partial charge in [0, 0.05) is 27.4 Å². The molecule has 0 aliphatic heterocycles. The normalized spacial score (nSPS) is 10.6. The molecule has 106 valence electrons. The highest BCUT2D eigenvalue weighted by Crippen LogP contribution is 2.02. The Morgan fingerprint density at radius 3 is 1.24 bits per heavy atom. The lowest BCUT2D eigenvalue weighted by Crippen LogP contribution is -2.02. The van der Waals surface area contributed by atoms with E-state index in [1.165, 1.54) is 12.8 Å². The Labute approximate surface area is 108 Å². The van der Waals surface area contributed by atoms with E-state index in [2.05, 4.69) is 37.2 Å². The van der Waals surface area contributed by atoms with Gasteiger partial charge in [-0.25, -0.2) is 0 Å². The van der Waals surface area contributed by atoms with Crippen molar-refractivity contribution in [2.24, 2.45) is 11.8 Å². The first-order valence-corrected chi connectivity index (χ1v) is 6.60. The zero-order chi connectivity index (χ0) is 13.5. The van der Waals surface area contributed by atoms with E-state index in [9.17, 15) is 0 Å². The molecule has 0 bridgehead atoms. The fraction of sp³-hybridized carbons (Fsp3) is 1.00. The average Bonchev–Trinajstić information content (AvgIpc) is 2.26. The molecule has 0 fully saturated rings. The van der Waals surface area contributed by atoms with Gasteiger partial charge in [-0.3, -0.25) is 0 Å². The summed E-state index contributed by atoms with van der Waals surface area (Å²) in [5.74, 6) is 1.54. The maximum absolute atomic E-state index is 5.46. The molecule has 0 N–H and O–H groups in total. The second-order valence-corrected chi connectivity index (χ2v) is 4.96. The zero-order valence-electron chi connectivity index (χ0n) is 12.6. The van der Waals surface area contributed by atoms with E-state index in [1.807, 2.05) is 0 Å². The van der Waals surface area contributed by atoms with E-state index in [4.69, 9.17) is 4.74 Å². The maximum atomic E-state index is 5.46. The lowest BCUT2D eigenvalue weighted by atomic mass is 10.1. The van der Waals surface area contributed by atoms with Gasteiger partial charge < -0.3 is 14.2 Å². The van der Waals surface area contributed by atoms with Crippen LogP contribution in [0.2, 0.25) is 0 Å². The van der Waals surface area contributed by atoms with Crippen LogP contribution in [-0.4, -0.2) is 40.6 Å². The molecule has 0 radical (unpaired) electrons. The summed E-state index contributed by atoms with van der Waals surface area (Å²) < 4.78 is 14.8. The van der Waals surface area contributed by atoms with Crippen LogP contribution in [0.5, 0.6) is 0 Å². The van der Waals surface area contributed by atoms with E-state index in [1.54, 1.807) is 14.2 Å². The number of rotatable bonds is 9. The molecule has 0 aromatic carbocycles. The Morgan fingerprint density at radius 2 is 1.00 bits per heavy atom. The van der Waals surface area contributed by atoms with Gasteiger partial charge in [-0.05, 0) is 24.7 Å². The van der Waals surface area contributed by atoms with E-state index < -0.39 is 0 Å². The zero-order valence-corrected chi connectivity index (χ0v) is 12.6. The smallest absolute Gasteiger partial charge is 0.0696 e. The summed E-state index contributed by atoms with van der Waals surface area (Å²) in [7, 11) is 3.30. The number of methoxy groups -OCH3 is 2. The fourth-order valence-corrected chi connectivity index (χ4v) is 0.907. The predicted octanol–water partition coefficient (Wildman–Crippen LogP) is 3.37. The molecular formula is C14H32O3. The SMILES string of the molecule is CC(C)CCOCCC(C)C.COCCOC. The number of hydrogen-bond acceptors (Lipinski definition) is 3. The predicted molar refractivity (Wildman–Crippen MR) is 73.5 cm³/mol. The minimum atomic E-state index is 0.691. The topological polar surface area (TPSA) is 27.7 Å². The second-order valence-electron chi connectivity index (χ2n) is 4.96. The van der Waals surface area contributed by atoms with Crippen LogP contribution < -0.4 is 0 Å². The van der Waals surface area contributed by atoms with Gasteiger partial charge in [0.2, 0.25) is 0 Å². The van der Waals surface area contributed by atoms with Gasteiger partial charge in [0.25, 0.3) is 0 Å². The van der Waals surface area contributed by atoms with Crippen LogP contribution >= 0.6 is 0 Å². The summed E-state index contributed by atoms with van der Waals surface area (Å²) in [5, 5.41) is 0. The van der Waals surface area contributed by atoms with Crippen LogP contribution in [0.1, 0.15) is 40.5 Å². The van der Waals surface area contributed by atoms with Gasteiger partial charge in [0.15, 0.2) is 0 Å². The molecule has 0 aliphatic rings. The Balaban J connectivity index is 0. The van der Waals surface area contributed by atoms with Crippen molar-refractivity contribution in [3.8, 4) is 0 Å². The molecule has 0 saturated carbocycles. The summed E-state index contributed by atoms with van der Waals surface area (Å²) in [4.78, 5) is 0. The molecule has 0 amide bonds. The van der Waals surface area contributed by atoms with Crippen LogP contribution in [0, 0.1) is 11.8 Å². The fourth-order valence-electron chi connectivity index (χ4n) is 0.907. The molecule has 0 unspecified atom stereocenters. The van der Waals surface area contributed by atoms with Crippen LogP contribution in [0.25, 0.3) is 0 Å². The third-order valence-corrected chi connectivity index (χ3v) is 2.17. The summed E-state index contributed by atoms with van der Waals surface area (Å²) in [6.45, 7) is 12.2. The lowest BCUT2D eigenvalue weighted by Gasteiger charge is -2.07. The highest BCUT2D eigenvalue weighted by atomic mass is 16.5. The van der Waals surface area contributed by atoms with Crippen molar-refractivity contribution in [3.63, 3.8) is 0 Å². The van der Waals surface area contributed by atoms with E-state index in [0.29, 0.717) is 13.2 Å². The quantitative estimate of drug-likeness (QED) is 0.585. The molecule has 0 aromatic heterocycles. The van der Waals surface area contributed by atoms with Crippen molar-refractivity contribution in [2.45, 2.75) is 40.5 Å². The van der Waals surface area contributed by atoms with Crippen LogP contribution in [0.4, 0.5) is 0 Å². The molecule has 0 atom stereocenters. The minimum Gasteiger partial charge on any atom is -0.382 e. The minimum absolute atomic E-state index is 0.691. The van der Waals surface area contributed by atoms with Crippen molar-refractivity contribution in [1.82, 2.24) is 0 Å². The van der Waals surface area contributed by atoms with Gasteiger partial charge in [0.05, 0.1) is 13.2 Å². The molecule has 0 heterocycles. The number of hydrogen-bond donors (Lipinski definition) is 0. The lowest BCUT2D eigenvalue weighted by molar-refractivity contribution is 0.103. The first-order chi connectivity index (χ1) is 8.04. The Morgan fingerprint density at radius 1 is 0.647 bits per heavy atom. The summed E-state index contributed by atoms with van der Waals surface area (Å²) in [6, 6.07) is 0. The van der Waals surface area contributed by atoms with Crippen LogP contribution in [-0.2, 0) is 14.2 Å². The molecule has 0 aliphatic carbocycles. The van der Waals surface area contributed by atoms with E-state index in [0.717, 1.165) is 25.0 Å². The average molecular weight is 248 g/mol. The molecule has 0 saturated heterocycles. The molecule has 3 heteroatoms. The van der Waals surface area contributed by atoms with Crippen molar-refractivity contribution < 1.29 is 14.2 Å². The first-order valence-electron chi connectivity index (χ1n) is 6.60. The molecule has 0 aromatic rings.